The van der Waals surface area contributed by atoms with Crippen LogP contribution >= 0.6 is 22.6 Å². The number of nitrogens with zero attached hydrogens (tertiary/aromatic N) is 1. The first-order chi connectivity index (χ1) is 7.52. The molecule has 0 unspecified atom stereocenters. The molecule has 0 saturated heterocycles. The van der Waals surface area contributed by atoms with Gasteiger partial charge in [-0.25, -0.2) is 4.98 Å². The summed E-state index contributed by atoms with van der Waals surface area (Å²) in [5, 5.41) is 8.98. The highest BCUT2D eigenvalue weighted by molar-refractivity contribution is 14.1. The molecule has 0 fully saturated rings. The van der Waals surface area contributed by atoms with E-state index in [0.29, 0.717) is 6.20 Å². The van der Waals surface area contributed by atoms with Gasteiger partial charge in [0.25, 0.3) is 0 Å². The molecule has 0 saturated carbocycles. The summed E-state index contributed by atoms with van der Waals surface area (Å²) in [6.07, 6.45) is -9.98. The second-order valence-electron chi connectivity index (χ2n) is 2.68. The predicted octanol–water partition coefficient (Wildman–Crippen LogP) is 3.31. The van der Waals surface area contributed by atoms with Gasteiger partial charge in [-0.1, -0.05) is 0 Å². The van der Waals surface area contributed by atoms with E-state index in [2.05, 4.69) is 9.72 Å². The summed E-state index contributed by atoms with van der Waals surface area (Å²) in [6, 6.07) is 0. The highest BCUT2D eigenvalue weighted by Gasteiger charge is 2.42. The van der Waals surface area contributed by atoms with Gasteiger partial charge in [-0.3, -0.25) is 0 Å². The minimum atomic E-state index is -5.30. The predicted molar refractivity (Wildman–Crippen MR) is 50.3 cm³/mol. The van der Waals surface area contributed by atoms with E-state index in [1.165, 1.54) is 0 Å². The van der Waals surface area contributed by atoms with Gasteiger partial charge in [0, 0.05) is 0 Å². The van der Waals surface area contributed by atoms with Gasteiger partial charge in [-0.05, 0) is 22.6 Å². The van der Waals surface area contributed by atoms with Crippen molar-refractivity contribution in [3.63, 3.8) is 0 Å². The Morgan fingerprint density at radius 1 is 1.18 bits per heavy atom. The quantitative estimate of drug-likeness (QED) is 0.607. The first kappa shape index (κ1) is 14.1. The molecule has 17 heavy (non-hydrogen) atoms. The van der Waals surface area contributed by atoms with E-state index in [0.717, 1.165) is 22.6 Å². The number of halogens is 7. The Bertz CT molecular complexity index is 430. The fourth-order valence-electron chi connectivity index (χ4n) is 0.896. The maximum absolute atomic E-state index is 12.5. The summed E-state index contributed by atoms with van der Waals surface area (Å²) in [7, 11) is 0. The standard InChI is InChI=1S/C7H2F6INO2/c8-6(9,10)3-4(14)2(16)1-15-5(3)17-7(11,12)13/h1,16H. The van der Waals surface area contributed by atoms with E-state index in [-0.39, 0.29) is 0 Å². The Labute approximate surface area is 104 Å². The molecular weight excluding hydrogens is 371 g/mol. The minimum absolute atomic E-state index is 0.443. The van der Waals surface area contributed by atoms with Crippen molar-refractivity contribution in [3.05, 3.63) is 15.3 Å². The van der Waals surface area contributed by atoms with E-state index in [1.54, 1.807) is 0 Å². The van der Waals surface area contributed by atoms with Gasteiger partial charge < -0.3 is 9.84 Å². The van der Waals surface area contributed by atoms with Gasteiger partial charge in [0.05, 0.1) is 9.77 Å². The zero-order valence-electron chi connectivity index (χ0n) is 7.53. The smallest absolute Gasteiger partial charge is 0.505 e. The van der Waals surface area contributed by atoms with Crippen molar-refractivity contribution in [1.29, 1.82) is 0 Å². The Morgan fingerprint density at radius 2 is 1.71 bits per heavy atom. The molecule has 1 heterocycles. The zero-order chi connectivity index (χ0) is 13.4. The SMILES string of the molecule is Oc1cnc(OC(F)(F)F)c(C(F)(F)F)c1I. The average molecular weight is 373 g/mol. The molecule has 1 aromatic heterocycles. The number of aromatic nitrogens is 1. The maximum Gasteiger partial charge on any atom is 0.574 e. The number of alkyl halides is 6. The normalized spacial score (nSPS) is 12.6. The molecule has 0 spiro atoms. The van der Waals surface area contributed by atoms with Crippen molar-refractivity contribution in [1.82, 2.24) is 4.98 Å². The number of aromatic hydroxyl groups is 1. The van der Waals surface area contributed by atoms with Gasteiger partial charge in [-0.2, -0.15) is 13.2 Å². The second-order valence-corrected chi connectivity index (χ2v) is 3.76. The number of pyridine rings is 1. The molecule has 1 rings (SSSR count). The van der Waals surface area contributed by atoms with Crippen LogP contribution in [0.4, 0.5) is 26.3 Å². The van der Waals surface area contributed by atoms with Crippen LogP contribution in [0, 0.1) is 3.57 Å². The molecule has 1 N–H and O–H groups in total. The highest BCUT2D eigenvalue weighted by atomic mass is 127. The van der Waals surface area contributed by atoms with Gasteiger partial charge >= 0.3 is 12.5 Å². The molecule has 0 bridgehead atoms. The van der Waals surface area contributed by atoms with Gasteiger partial charge in [0.15, 0.2) is 0 Å². The lowest BCUT2D eigenvalue weighted by Crippen LogP contribution is -2.21. The topological polar surface area (TPSA) is 42.4 Å². The third kappa shape index (κ3) is 3.51. The summed E-state index contributed by atoms with van der Waals surface area (Å²) in [4.78, 5) is 2.77. The first-order valence-corrected chi connectivity index (χ1v) is 4.80. The molecule has 0 aliphatic rings. The molecule has 3 nitrogen and oxygen atoms in total. The molecule has 0 aromatic carbocycles. The molecule has 0 atom stereocenters. The molecule has 1 aromatic rings. The second kappa shape index (κ2) is 4.38. The van der Waals surface area contributed by atoms with Crippen LogP contribution < -0.4 is 4.74 Å². The summed E-state index contributed by atoms with van der Waals surface area (Å²) in [5.41, 5.74) is -1.77. The molecule has 0 amide bonds. The van der Waals surface area contributed by atoms with Crippen LogP contribution in [0.25, 0.3) is 0 Å². The largest absolute Gasteiger partial charge is 0.574 e. The maximum atomic E-state index is 12.5. The van der Waals surface area contributed by atoms with Gasteiger partial charge in [-0.15, -0.1) is 13.2 Å². The Morgan fingerprint density at radius 3 is 2.12 bits per heavy atom. The Kier molecular flexibility index (Phi) is 3.64. The fourth-order valence-corrected chi connectivity index (χ4v) is 1.57. The van der Waals surface area contributed by atoms with Crippen molar-refractivity contribution in [2.45, 2.75) is 12.5 Å². The van der Waals surface area contributed by atoms with E-state index in [4.69, 9.17) is 5.11 Å². The van der Waals surface area contributed by atoms with Crippen LogP contribution in [-0.2, 0) is 6.18 Å². The fraction of sp³-hybridized carbons (Fsp3) is 0.286. The van der Waals surface area contributed by atoms with E-state index in [1.807, 2.05) is 0 Å². The highest BCUT2D eigenvalue weighted by Crippen LogP contribution is 2.42. The number of hydrogen-bond donors (Lipinski definition) is 1. The lowest BCUT2D eigenvalue weighted by molar-refractivity contribution is -0.278. The number of ether oxygens (including phenoxy) is 1. The summed E-state index contributed by atoms with van der Waals surface area (Å²) >= 11 is 1.05. The third-order valence-electron chi connectivity index (χ3n) is 1.46. The van der Waals surface area contributed by atoms with Gasteiger partial charge in [0.1, 0.15) is 11.3 Å². The average Bonchev–Trinajstić information content (AvgIpc) is 2.06. The van der Waals surface area contributed by atoms with E-state index < -0.39 is 33.3 Å². The Balaban J connectivity index is 3.36. The third-order valence-corrected chi connectivity index (χ3v) is 2.55. The van der Waals surface area contributed by atoms with Crippen molar-refractivity contribution >= 4 is 22.6 Å². The molecule has 0 radical (unpaired) electrons. The van der Waals surface area contributed by atoms with Crippen LogP contribution in [0.3, 0.4) is 0 Å². The van der Waals surface area contributed by atoms with Crippen LogP contribution in [0.15, 0.2) is 6.20 Å². The minimum Gasteiger partial charge on any atom is -0.505 e. The van der Waals surface area contributed by atoms with E-state index in [9.17, 15) is 26.3 Å². The lowest BCUT2D eigenvalue weighted by atomic mass is 10.2. The van der Waals surface area contributed by atoms with E-state index >= 15 is 0 Å². The van der Waals surface area contributed by atoms with Crippen molar-refractivity contribution < 1.29 is 36.2 Å². The van der Waals surface area contributed by atoms with Crippen LogP contribution in [0.5, 0.6) is 11.6 Å². The summed E-state index contributed by atoms with van der Waals surface area (Å²) < 4.78 is 75.3. The van der Waals surface area contributed by atoms with Crippen molar-refractivity contribution in [2.24, 2.45) is 0 Å². The molecule has 10 heteroatoms. The Hall–Kier alpha value is -0.940. The summed E-state index contributed by atoms with van der Waals surface area (Å²) in [6.45, 7) is 0. The zero-order valence-corrected chi connectivity index (χ0v) is 9.68. The summed E-state index contributed by atoms with van der Waals surface area (Å²) in [5.74, 6) is -2.53. The molecular formula is C7H2F6INO2. The molecule has 0 aliphatic heterocycles. The van der Waals surface area contributed by atoms with Crippen LogP contribution in [0.2, 0.25) is 0 Å². The number of rotatable bonds is 1. The van der Waals surface area contributed by atoms with Crippen LogP contribution in [0.1, 0.15) is 5.56 Å². The molecule has 96 valence electrons. The number of hydrogen-bond acceptors (Lipinski definition) is 3. The monoisotopic (exact) mass is 373 g/mol. The van der Waals surface area contributed by atoms with Crippen molar-refractivity contribution in [3.8, 4) is 11.6 Å². The van der Waals surface area contributed by atoms with Crippen LogP contribution in [-0.4, -0.2) is 16.5 Å². The molecule has 0 aliphatic carbocycles. The van der Waals surface area contributed by atoms with Gasteiger partial charge in [0.2, 0.25) is 5.88 Å². The van der Waals surface area contributed by atoms with Crippen molar-refractivity contribution in [2.75, 3.05) is 0 Å². The first-order valence-electron chi connectivity index (χ1n) is 3.73. The lowest BCUT2D eigenvalue weighted by Gasteiger charge is -2.15.